The number of carbonyl (C=O) groups is 1. The van der Waals surface area contributed by atoms with E-state index in [1.807, 2.05) is 7.05 Å². The maximum atomic E-state index is 12.0. The molecule has 0 aromatic rings. The van der Waals surface area contributed by atoms with Crippen molar-refractivity contribution in [2.75, 3.05) is 25.6 Å². The number of likely N-dealkylation sites (N-methyl/N-ethyl adjacent to an activating group) is 1. The lowest BCUT2D eigenvalue weighted by Crippen LogP contribution is -2.45. The van der Waals surface area contributed by atoms with Gasteiger partial charge >= 0.3 is 0 Å². The third-order valence-corrected chi connectivity index (χ3v) is 3.80. The molecule has 5 heteroatoms. The lowest BCUT2D eigenvalue weighted by molar-refractivity contribution is -0.133. The average molecular weight is 246 g/mol. The molecular formula is C11H22N2O2S. The summed E-state index contributed by atoms with van der Waals surface area (Å²) in [5, 5.41) is 12.4. The zero-order chi connectivity index (χ0) is 12.1. The average Bonchev–Trinajstić information content (AvgIpc) is 2.70. The third-order valence-electron chi connectivity index (χ3n) is 3.15. The van der Waals surface area contributed by atoms with Gasteiger partial charge in [0.15, 0.2) is 0 Å². The highest BCUT2D eigenvalue weighted by Gasteiger charge is 2.31. The monoisotopic (exact) mass is 246 g/mol. The molecule has 0 bridgehead atoms. The van der Waals surface area contributed by atoms with Crippen LogP contribution in [-0.2, 0) is 4.79 Å². The van der Waals surface area contributed by atoms with Crippen LogP contribution in [0, 0.1) is 0 Å². The molecule has 1 fully saturated rings. The number of hydrogen-bond donors (Lipinski definition) is 2. The number of carbonyl (C=O) groups excluding carboxylic acids is 1. The maximum absolute atomic E-state index is 12.0. The summed E-state index contributed by atoms with van der Waals surface area (Å²) in [6, 6.07) is 0.0659. The van der Waals surface area contributed by atoms with Crippen LogP contribution < -0.4 is 5.32 Å². The van der Waals surface area contributed by atoms with Gasteiger partial charge in [0.05, 0.1) is 12.1 Å². The van der Waals surface area contributed by atoms with Gasteiger partial charge in [-0.25, -0.2) is 0 Å². The van der Waals surface area contributed by atoms with Gasteiger partial charge in [0, 0.05) is 19.6 Å². The Bertz CT molecular complexity index is 238. The summed E-state index contributed by atoms with van der Waals surface area (Å²) in [5.74, 6) is 1.17. The quantitative estimate of drug-likeness (QED) is 0.733. The van der Waals surface area contributed by atoms with Crippen LogP contribution in [-0.4, -0.2) is 59.7 Å². The molecule has 1 rings (SSSR count). The van der Waals surface area contributed by atoms with Crippen molar-refractivity contribution in [3.63, 3.8) is 0 Å². The molecule has 16 heavy (non-hydrogen) atoms. The molecule has 1 heterocycles. The van der Waals surface area contributed by atoms with E-state index in [-0.39, 0.29) is 24.1 Å². The third kappa shape index (κ3) is 3.64. The first-order chi connectivity index (χ1) is 7.56. The molecule has 4 nitrogen and oxygen atoms in total. The van der Waals surface area contributed by atoms with E-state index in [0.717, 1.165) is 12.2 Å². The number of rotatable bonds is 5. The number of aliphatic hydroxyl groups excluding tert-OH is 1. The topological polar surface area (TPSA) is 52.6 Å². The summed E-state index contributed by atoms with van der Waals surface area (Å²) in [6.07, 6.45) is 3.25. The molecular weight excluding hydrogens is 224 g/mol. The van der Waals surface area contributed by atoms with Gasteiger partial charge in [-0.2, -0.15) is 11.8 Å². The number of nitrogens with one attached hydrogen (secondary N) is 1. The molecule has 0 radical (unpaired) electrons. The van der Waals surface area contributed by atoms with Crippen molar-refractivity contribution < 1.29 is 9.90 Å². The Morgan fingerprint density at radius 2 is 2.38 bits per heavy atom. The first-order valence-electron chi connectivity index (χ1n) is 5.73. The molecule has 94 valence electrons. The van der Waals surface area contributed by atoms with Gasteiger partial charge in [0.2, 0.25) is 5.91 Å². The second-order valence-corrected chi connectivity index (χ2v) is 5.42. The number of hydrogen-bond acceptors (Lipinski definition) is 4. The number of thioether (sulfide) groups is 1. The van der Waals surface area contributed by atoms with Crippen LogP contribution in [0.2, 0.25) is 0 Å². The Labute approximate surface area is 102 Å². The fraction of sp³-hybridized carbons (Fsp3) is 0.909. The van der Waals surface area contributed by atoms with Gasteiger partial charge in [0.1, 0.15) is 0 Å². The van der Waals surface area contributed by atoms with Crippen LogP contribution in [0.1, 0.15) is 19.8 Å². The van der Waals surface area contributed by atoms with Gasteiger partial charge in [-0.3, -0.25) is 4.79 Å². The standard InChI is InChI=1S/C11H22N2O2S/c1-8(4-5-16-3)13(2)11(15)10-6-9(14)7-12-10/h8-10,12,14H,4-7H2,1-3H3. The van der Waals surface area contributed by atoms with Gasteiger partial charge in [-0.15, -0.1) is 0 Å². The number of nitrogens with zero attached hydrogens (tertiary/aromatic N) is 1. The van der Waals surface area contributed by atoms with E-state index < -0.39 is 0 Å². The summed E-state index contributed by atoms with van der Waals surface area (Å²) < 4.78 is 0. The summed E-state index contributed by atoms with van der Waals surface area (Å²) in [6.45, 7) is 2.60. The second-order valence-electron chi connectivity index (χ2n) is 4.43. The summed E-state index contributed by atoms with van der Waals surface area (Å²) in [7, 11) is 1.85. The summed E-state index contributed by atoms with van der Waals surface area (Å²) in [4.78, 5) is 13.8. The molecule has 2 N–H and O–H groups in total. The molecule has 0 aliphatic carbocycles. The second kappa shape index (κ2) is 6.47. The Morgan fingerprint density at radius 3 is 2.88 bits per heavy atom. The summed E-state index contributed by atoms with van der Waals surface area (Å²) >= 11 is 1.80. The molecule has 0 spiro atoms. The summed E-state index contributed by atoms with van der Waals surface area (Å²) in [5.41, 5.74) is 0. The fourth-order valence-electron chi connectivity index (χ4n) is 1.85. The van der Waals surface area contributed by atoms with E-state index in [1.165, 1.54) is 0 Å². The van der Waals surface area contributed by atoms with E-state index in [9.17, 15) is 9.90 Å². The van der Waals surface area contributed by atoms with Crippen molar-refractivity contribution in [1.82, 2.24) is 10.2 Å². The van der Waals surface area contributed by atoms with Crippen molar-refractivity contribution in [2.24, 2.45) is 0 Å². The van der Waals surface area contributed by atoms with E-state index in [0.29, 0.717) is 13.0 Å². The molecule has 0 aromatic carbocycles. The van der Waals surface area contributed by atoms with E-state index >= 15 is 0 Å². The van der Waals surface area contributed by atoms with Crippen molar-refractivity contribution in [2.45, 2.75) is 38.0 Å². The Hall–Kier alpha value is -0.260. The molecule has 1 aliphatic heterocycles. The Morgan fingerprint density at radius 1 is 1.69 bits per heavy atom. The lowest BCUT2D eigenvalue weighted by Gasteiger charge is -2.27. The van der Waals surface area contributed by atoms with Crippen LogP contribution in [0.25, 0.3) is 0 Å². The predicted molar refractivity (Wildman–Crippen MR) is 67.6 cm³/mol. The first-order valence-corrected chi connectivity index (χ1v) is 7.12. The van der Waals surface area contributed by atoms with Gasteiger partial charge in [-0.1, -0.05) is 0 Å². The van der Waals surface area contributed by atoms with Crippen LogP contribution in [0.3, 0.4) is 0 Å². The molecule has 0 saturated carbocycles. The molecule has 1 amide bonds. The Kier molecular flexibility index (Phi) is 5.58. The SMILES string of the molecule is CSCCC(C)N(C)C(=O)C1CC(O)CN1. The zero-order valence-corrected chi connectivity index (χ0v) is 11.1. The normalized spacial score (nSPS) is 26.8. The Balaban J connectivity index is 2.40. The number of amides is 1. The van der Waals surface area contributed by atoms with Gasteiger partial charge < -0.3 is 15.3 Å². The number of aliphatic hydroxyl groups is 1. The highest BCUT2D eigenvalue weighted by Crippen LogP contribution is 2.12. The van der Waals surface area contributed by atoms with Crippen molar-refractivity contribution >= 4 is 17.7 Å². The van der Waals surface area contributed by atoms with Crippen LogP contribution in [0.5, 0.6) is 0 Å². The molecule has 3 unspecified atom stereocenters. The maximum Gasteiger partial charge on any atom is 0.239 e. The van der Waals surface area contributed by atoms with Gasteiger partial charge in [0.25, 0.3) is 0 Å². The smallest absolute Gasteiger partial charge is 0.239 e. The molecule has 1 saturated heterocycles. The van der Waals surface area contributed by atoms with Crippen LogP contribution in [0.4, 0.5) is 0 Å². The van der Waals surface area contributed by atoms with E-state index in [2.05, 4.69) is 18.5 Å². The fourth-order valence-corrected chi connectivity index (χ4v) is 2.43. The highest BCUT2D eigenvalue weighted by molar-refractivity contribution is 7.98. The van der Waals surface area contributed by atoms with Gasteiger partial charge in [-0.05, 0) is 31.8 Å². The lowest BCUT2D eigenvalue weighted by atomic mass is 10.1. The van der Waals surface area contributed by atoms with Crippen LogP contribution in [0.15, 0.2) is 0 Å². The molecule has 1 aliphatic rings. The van der Waals surface area contributed by atoms with Crippen molar-refractivity contribution in [3.05, 3.63) is 0 Å². The minimum atomic E-state index is -0.371. The number of β-amino-alcohol motifs (C(OH)–C–C–N with tert-alkyl or cyclic N) is 1. The largest absolute Gasteiger partial charge is 0.392 e. The predicted octanol–water partition coefficient (Wildman–Crippen LogP) is 0.309. The van der Waals surface area contributed by atoms with Crippen molar-refractivity contribution in [1.29, 1.82) is 0 Å². The van der Waals surface area contributed by atoms with Crippen LogP contribution >= 0.6 is 11.8 Å². The molecule has 0 aromatic heterocycles. The highest BCUT2D eigenvalue weighted by atomic mass is 32.2. The molecule has 3 atom stereocenters. The van der Waals surface area contributed by atoms with Crippen molar-refractivity contribution in [3.8, 4) is 0 Å². The van der Waals surface area contributed by atoms with E-state index in [4.69, 9.17) is 0 Å². The zero-order valence-electron chi connectivity index (χ0n) is 10.3. The minimum Gasteiger partial charge on any atom is -0.392 e. The minimum absolute atomic E-state index is 0.102. The first kappa shape index (κ1) is 13.8. The van der Waals surface area contributed by atoms with E-state index in [1.54, 1.807) is 16.7 Å².